The van der Waals surface area contributed by atoms with Gasteiger partial charge < -0.3 is 4.74 Å². The summed E-state index contributed by atoms with van der Waals surface area (Å²) >= 11 is 1.55. The van der Waals surface area contributed by atoms with Gasteiger partial charge in [0.05, 0.1) is 10.9 Å². The highest BCUT2D eigenvalue weighted by atomic mass is 32.1. The highest BCUT2D eigenvalue weighted by Gasteiger charge is 2.41. The number of carbonyl (C=O) groups is 2. The molecule has 4 nitrogen and oxygen atoms in total. The predicted octanol–water partition coefficient (Wildman–Crippen LogP) is 4.51. The Labute approximate surface area is 141 Å². The molecule has 2 unspecified atom stereocenters. The van der Waals surface area contributed by atoms with Crippen molar-refractivity contribution < 1.29 is 14.3 Å². The van der Waals surface area contributed by atoms with Crippen molar-refractivity contribution >= 4 is 28.8 Å². The molecule has 2 aliphatic heterocycles. The minimum atomic E-state index is -0.468. The fourth-order valence-electron chi connectivity index (χ4n) is 3.31. The number of ether oxygens (including phenoxy) is 1. The van der Waals surface area contributed by atoms with Crippen molar-refractivity contribution in [1.29, 1.82) is 0 Å². The van der Waals surface area contributed by atoms with Crippen LogP contribution < -0.4 is 0 Å². The van der Waals surface area contributed by atoms with Gasteiger partial charge in [-0.25, -0.2) is 4.79 Å². The van der Waals surface area contributed by atoms with Gasteiger partial charge in [0, 0.05) is 10.9 Å². The summed E-state index contributed by atoms with van der Waals surface area (Å²) in [5, 5.41) is 0. The van der Waals surface area contributed by atoms with Crippen LogP contribution in [0.15, 0.2) is 18.2 Å². The lowest BCUT2D eigenvalue weighted by molar-refractivity contribution is 0.0175. The van der Waals surface area contributed by atoms with Gasteiger partial charge in [-0.2, -0.15) is 0 Å². The molecule has 124 valence electrons. The smallest absolute Gasteiger partial charge is 0.411 e. The van der Waals surface area contributed by atoms with Gasteiger partial charge in [0.2, 0.25) is 0 Å². The Morgan fingerprint density at radius 3 is 2.57 bits per heavy atom. The van der Waals surface area contributed by atoms with Crippen LogP contribution in [0.1, 0.15) is 61.5 Å². The van der Waals surface area contributed by atoms with Gasteiger partial charge in [-0.15, -0.1) is 11.3 Å². The Bertz CT molecular complexity index is 668. The normalized spacial score (nSPS) is 23.7. The zero-order chi connectivity index (χ0) is 16.8. The molecule has 2 aliphatic rings. The molecule has 23 heavy (non-hydrogen) atoms. The van der Waals surface area contributed by atoms with E-state index in [0.717, 1.165) is 29.0 Å². The van der Waals surface area contributed by atoms with E-state index in [1.54, 1.807) is 18.3 Å². The Morgan fingerprint density at radius 1 is 1.26 bits per heavy atom. The molecule has 0 aliphatic carbocycles. The molecule has 2 atom stereocenters. The van der Waals surface area contributed by atoms with Crippen LogP contribution >= 0.6 is 11.3 Å². The maximum absolute atomic E-state index is 12.4. The molecule has 1 saturated heterocycles. The molecule has 0 saturated carbocycles. The van der Waals surface area contributed by atoms with E-state index >= 15 is 0 Å². The van der Waals surface area contributed by atoms with Crippen LogP contribution in [0.3, 0.4) is 0 Å². The molecular formula is C18H23NO3S. The highest BCUT2D eigenvalue weighted by Crippen LogP contribution is 2.41. The van der Waals surface area contributed by atoms with Crippen LogP contribution in [-0.2, 0) is 4.74 Å². The number of Topliss-reactive ketones (excluding diaryl/α,β-unsaturated/α-hetero) is 1. The van der Waals surface area contributed by atoms with Crippen LogP contribution in [0.2, 0.25) is 0 Å². The van der Waals surface area contributed by atoms with E-state index < -0.39 is 5.60 Å². The summed E-state index contributed by atoms with van der Waals surface area (Å²) in [6.45, 7) is 7.28. The van der Waals surface area contributed by atoms with Crippen LogP contribution in [-0.4, -0.2) is 34.5 Å². The summed E-state index contributed by atoms with van der Waals surface area (Å²) in [5.41, 5.74) is 0.791. The molecule has 0 N–H and O–H groups in total. The van der Waals surface area contributed by atoms with E-state index in [4.69, 9.17) is 4.74 Å². The molecule has 3 rings (SSSR count). The average molecular weight is 333 g/mol. The molecular weight excluding hydrogens is 310 g/mol. The Kier molecular flexibility index (Phi) is 4.08. The average Bonchev–Trinajstić information content (AvgIpc) is 3.00. The standard InChI is InChI=1S/C18H23NO3S/c1-11(20)15-7-8-16(23-15)12-9-13-5-6-14(10-12)19(13)17(21)22-18(2,3)4/h7-9,13-14H,5-6,10H2,1-4H3. The molecule has 1 aromatic heterocycles. The lowest BCUT2D eigenvalue weighted by atomic mass is 10.0. The number of carbonyl (C=O) groups excluding carboxylic acids is 2. The third-order valence-corrected chi connectivity index (χ3v) is 5.53. The van der Waals surface area contributed by atoms with Gasteiger partial charge in [0.15, 0.2) is 5.78 Å². The second kappa shape index (κ2) is 5.78. The number of fused-ring (bicyclic) bond motifs is 2. The molecule has 1 amide bonds. The third-order valence-electron chi connectivity index (χ3n) is 4.27. The number of ketones is 1. The second-order valence-electron chi connectivity index (χ2n) is 7.30. The Balaban J connectivity index is 1.80. The summed E-state index contributed by atoms with van der Waals surface area (Å²) in [6, 6.07) is 4.24. The fourth-order valence-corrected chi connectivity index (χ4v) is 4.25. The fraction of sp³-hybridized carbons (Fsp3) is 0.556. The predicted molar refractivity (Wildman–Crippen MR) is 91.8 cm³/mol. The van der Waals surface area contributed by atoms with Gasteiger partial charge in [-0.05, 0) is 64.7 Å². The Morgan fingerprint density at radius 2 is 2.00 bits per heavy atom. The summed E-state index contributed by atoms with van der Waals surface area (Å²) < 4.78 is 5.55. The molecule has 1 aromatic rings. The van der Waals surface area contributed by atoms with Gasteiger partial charge in [-0.1, -0.05) is 6.08 Å². The largest absolute Gasteiger partial charge is 0.444 e. The SMILES string of the molecule is CC(=O)c1ccc(C2=CC3CCC(C2)N3C(=O)OC(C)(C)C)s1. The summed E-state index contributed by atoms with van der Waals surface area (Å²) in [7, 11) is 0. The summed E-state index contributed by atoms with van der Waals surface area (Å²) in [5.74, 6) is 0.107. The van der Waals surface area contributed by atoms with E-state index in [2.05, 4.69) is 6.08 Å². The molecule has 0 spiro atoms. The van der Waals surface area contributed by atoms with Crippen LogP contribution in [0, 0.1) is 0 Å². The second-order valence-corrected chi connectivity index (χ2v) is 8.39. The van der Waals surface area contributed by atoms with Gasteiger partial charge >= 0.3 is 6.09 Å². The highest BCUT2D eigenvalue weighted by molar-refractivity contribution is 7.15. The molecule has 0 radical (unpaired) electrons. The molecule has 5 heteroatoms. The van der Waals surface area contributed by atoms with E-state index in [0.29, 0.717) is 0 Å². The van der Waals surface area contributed by atoms with Gasteiger partial charge in [0.1, 0.15) is 5.60 Å². The quantitative estimate of drug-likeness (QED) is 0.748. The zero-order valence-corrected chi connectivity index (χ0v) is 14.9. The Hall–Kier alpha value is -1.62. The minimum absolute atomic E-state index is 0.107. The number of thiophene rings is 1. The number of amides is 1. The van der Waals surface area contributed by atoms with Crippen molar-refractivity contribution in [3.8, 4) is 0 Å². The van der Waals surface area contributed by atoms with Crippen molar-refractivity contribution in [1.82, 2.24) is 4.90 Å². The zero-order valence-electron chi connectivity index (χ0n) is 14.1. The number of rotatable bonds is 2. The van der Waals surface area contributed by atoms with E-state index in [9.17, 15) is 9.59 Å². The summed E-state index contributed by atoms with van der Waals surface area (Å²) in [6.07, 6.45) is 4.81. The molecule has 2 bridgehead atoms. The molecule has 3 heterocycles. The first-order chi connectivity index (χ1) is 10.7. The maximum Gasteiger partial charge on any atom is 0.411 e. The van der Waals surface area contributed by atoms with Gasteiger partial charge in [-0.3, -0.25) is 9.69 Å². The number of hydrogen-bond acceptors (Lipinski definition) is 4. The monoisotopic (exact) mass is 333 g/mol. The minimum Gasteiger partial charge on any atom is -0.444 e. The first-order valence-electron chi connectivity index (χ1n) is 8.08. The molecule has 0 aromatic carbocycles. The van der Waals surface area contributed by atoms with Crippen LogP contribution in [0.5, 0.6) is 0 Å². The van der Waals surface area contributed by atoms with Crippen molar-refractivity contribution in [2.24, 2.45) is 0 Å². The van der Waals surface area contributed by atoms with Gasteiger partial charge in [0.25, 0.3) is 0 Å². The topological polar surface area (TPSA) is 46.6 Å². The van der Waals surface area contributed by atoms with Crippen molar-refractivity contribution in [3.05, 3.63) is 28.0 Å². The maximum atomic E-state index is 12.4. The lowest BCUT2D eigenvalue weighted by Gasteiger charge is -2.35. The lowest BCUT2D eigenvalue weighted by Crippen LogP contribution is -2.45. The van der Waals surface area contributed by atoms with Crippen molar-refractivity contribution in [2.75, 3.05) is 0 Å². The molecule has 1 fully saturated rings. The number of hydrogen-bond donors (Lipinski definition) is 0. The van der Waals surface area contributed by atoms with E-state index in [1.165, 1.54) is 5.57 Å². The summed E-state index contributed by atoms with van der Waals surface area (Å²) in [4.78, 5) is 27.8. The van der Waals surface area contributed by atoms with E-state index in [-0.39, 0.29) is 24.0 Å². The number of nitrogens with zero attached hydrogens (tertiary/aromatic N) is 1. The van der Waals surface area contributed by atoms with E-state index in [1.807, 2.05) is 37.8 Å². The first kappa shape index (κ1) is 16.2. The van der Waals surface area contributed by atoms with Crippen LogP contribution in [0.4, 0.5) is 4.79 Å². The van der Waals surface area contributed by atoms with Crippen molar-refractivity contribution in [2.45, 2.75) is 64.6 Å². The van der Waals surface area contributed by atoms with Crippen molar-refractivity contribution in [3.63, 3.8) is 0 Å². The first-order valence-corrected chi connectivity index (χ1v) is 8.89. The van der Waals surface area contributed by atoms with Crippen LogP contribution in [0.25, 0.3) is 5.57 Å². The third kappa shape index (κ3) is 3.34.